The molecular weight excluding hydrogens is 456 g/mol. The highest BCUT2D eigenvalue weighted by Gasteiger charge is 2.26. The fourth-order valence-electron chi connectivity index (χ4n) is 3.34. The first kappa shape index (κ1) is 22.2. The molecule has 33 heavy (non-hydrogen) atoms. The number of anilines is 2. The third kappa shape index (κ3) is 4.35. The van der Waals surface area contributed by atoms with Crippen molar-refractivity contribution in [1.82, 2.24) is 29.9 Å². The van der Waals surface area contributed by atoms with Gasteiger partial charge < -0.3 is 20.4 Å². The number of sulfonamides is 1. The molecule has 1 aliphatic rings. The monoisotopic (exact) mass is 476 g/mol. The van der Waals surface area contributed by atoms with Crippen LogP contribution in [0.5, 0.6) is 0 Å². The summed E-state index contributed by atoms with van der Waals surface area (Å²) in [6.07, 6.45) is 0. The average Bonchev–Trinajstić information content (AvgIpc) is 3.14. The SMILES string of the molecule is Cc1[nH]c(=O)[nH]c(=O)c1S(=O)(=O)Nc1ccc(-n2nnc(C(=O)N3CCOCC3)c2N)cc1. The normalized spacial score (nSPS) is 14.3. The number of H-pyrrole nitrogens is 2. The van der Waals surface area contributed by atoms with Crippen LogP contribution in [0.1, 0.15) is 16.2 Å². The van der Waals surface area contributed by atoms with Crippen molar-refractivity contribution >= 4 is 27.4 Å². The predicted molar refractivity (Wildman–Crippen MR) is 116 cm³/mol. The van der Waals surface area contributed by atoms with Gasteiger partial charge in [-0.25, -0.2) is 13.2 Å². The van der Waals surface area contributed by atoms with Gasteiger partial charge in [-0.3, -0.25) is 19.3 Å². The van der Waals surface area contributed by atoms with Crippen molar-refractivity contribution in [1.29, 1.82) is 0 Å². The van der Waals surface area contributed by atoms with E-state index in [1.165, 1.54) is 35.9 Å². The molecule has 15 heteroatoms. The summed E-state index contributed by atoms with van der Waals surface area (Å²) in [5.74, 6) is -0.317. The Hall–Kier alpha value is -3.98. The molecule has 1 aromatic carbocycles. The fraction of sp³-hybridized carbons (Fsp3) is 0.278. The molecule has 0 radical (unpaired) electrons. The van der Waals surface area contributed by atoms with Gasteiger partial charge in [-0.1, -0.05) is 5.21 Å². The molecule has 14 nitrogen and oxygen atoms in total. The summed E-state index contributed by atoms with van der Waals surface area (Å²) >= 11 is 0. The highest BCUT2D eigenvalue weighted by atomic mass is 32.2. The van der Waals surface area contributed by atoms with Crippen LogP contribution in [0.3, 0.4) is 0 Å². The van der Waals surface area contributed by atoms with Gasteiger partial charge >= 0.3 is 5.69 Å². The van der Waals surface area contributed by atoms with Crippen molar-refractivity contribution in [2.45, 2.75) is 11.8 Å². The third-order valence-corrected chi connectivity index (χ3v) is 6.45. The van der Waals surface area contributed by atoms with Crippen LogP contribution in [-0.2, 0) is 14.8 Å². The van der Waals surface area contributed by atoms with Crippen LogP contribution in [0.4, 0.5) is 11.5 Å². The van der Waals surface area contributed by atoms with Crippen LogP contribution in [-0.4, -0.2) is 70.5 Å². The first-order valence-electron chi connectivity index (χ1n) is 9.72. The number of morpholine rings is 1. The summed E-state index contributed by atoms with van der Waals surface area (Å²) in [5.41, 5.74) is 4.73. The van der Waals surface area contributed by atoms with E-state index in [9.17, 15) is 22.8 Å². The molecule has 2 aromatic heterocycles. The molecule has 1 amide bonds. The molecule has 0 bridgehead atoms. The Balaban J connectivity index is 1.56. The van der Waals surface area contributed by atoms with Gasteiger partial charge in [0.2, 0.25) is 0 Å². The van der Waals surface area contributed by atoms with Crippen LogP contribution >= 0.6 is 0 Å². The summed E-state index contributed by atoms with van der Waals surface area (Å²) in [4.78, 5) is 41.0. The fourth-order valence-corrected chi connectivity index (χ4v) is 4.64. The van der Waals surface area contributed by atoms with E-state index >= 15 is 0 Å². The van der Waals surface area contributed by atoms with Gasteiger partial charge in [-0.15, -0.1) is 5.10 Å². The van der Waals surface area contributed by atoms with Gasteiger partial charge in [-0.05, 0) is 31.2 Å². The van der Waals surface area contributed by atoms with Gasteiger partial charge in [0.1, 0.15) is 0 Å². The Kier molecular flexibility index (Phi) is 5.73. The zero-order chi connectivity index (χ0) is 23.8. The number of benzene rings is 1. The Morgan fingerprint density at radius 2 is 1.82 bits per heavy atom. The molecule has 5 N–H and O–H groups in total. The second-order valence-electron chi connectivity index (χ2n) is 7.15. The topological polar surface area (TPSA) is 198 Å². The van der Waals surface area contributed by atoms with E-state index in [0.29, 0.717) is 32.0 Å². The number of hydrogen-bond donors (Lipinski definition) is 4. The minimum atomic E-state index is -4.28. The second-order valence-corrected chi connectivity index (χ2v) is 8.77. The quantitative estimate of drug-likeness (QED) is 0.349. The number of aromatic amines is 2. The minimum Gasteiger partial charge on any atom is -0.382 e. The molecule has 1 aliphatic heterocycles. The molecule has 1 fully saturated rings. The van der Waals surface area contributed by atoms with Gasteiger partial charge in [0.15, 0.2) is 16.4 Å². The number of nitrogen functional groups attached to an aromatic ring is 1. The van der Waals surface area contributed by atoms with Crippen LogP contribution in [0.25, 0.3) is 5.69 Å². The van der Waals surface area contributed by atoms with E-state index in [2.05, 4.69) is 20.0 Å². The lowest BCUT2D eigenvalue weighted by molar-refractivity contribution is 0.0299. The summed E-state index contributed by atoms with van der Waals surface area (Å²) < 4.78 is 34.0. The molecule has 1 saturated heterocycles. The molecule has 4 rings (SSSR count). The lowest BCUT2D eigenvalue weighted by Crippen LogP contribution is -2.41. The average molecular weight is 476 g/mol. The van der Waals surface area contributed by atoms with E-state index in [4.69, 9.17) is 10.5 Å². The molecule has 3 aromatic rings. The Morgan fingerprint density at radius 1 is 1.15 bits per heavy atom. The Labute approximate surface area is 186 Å². The summed E-state index contributed by atoms with van der Waals surface area (Å²) in [7, 11) is -4.28. The molecule has 0 aliphatic carbocycles. The van der Waals surface area contributed by atoms with Gasteiger partial charge in [0.05, 0.1) is 18.9 Å². The molecule has 174 valence electrons. The maximum absolute atomic E-state index is 12.6. The number of ether oxygens (including phenoxy) is 1. The van der Waals surface area contributed by atoms with Gasteiger partial charge in [0.25, 0.3) is 21.5 Å². The molecule has 0 unspecified atom stereocenters. The number of nitrogens with two attached hydrogens (primary N) is 1. The van der Waals surface area contributed by atoms with Crippen molar-refractivity contribution in [3.63, 3.8) is 0 Å². The Bertz CT molecular complexity index is 1420. The number of nitrogens with zero attached hydrogens (tertiary/aromatic N) is 4. The maximum atomic E-state index is 12.6. The summed E-state index contributed by atoms with van der Waals surface area (Å²) in [6, 6.07) is 5.87. The number of nitrogens with one attached hydrogen (secondary N) is 3. The second kappa shape index (κ2) is 8.51. The number of carbonyl (C=O) groups excluding carboxylic acids is 1. The van der Waals surface area contributed by atoms with Crippen LogP contribution in [0.15, 0.2) is 38.8 Å². The minimum absolute atomic E-state index is 0.00875. The van der Waals surface area contributed by atoms with Crippen molar-refractivity contribution in [2.24, 2.45) is 0 Å². The lowest BCUT2D eigenvalue weighted by atomic mass is 10.3. The smallest absolute Gasteiger partial charge is 0.325 e. The molecule has 0 saturated carbocycles. The van der Waals surface area contributed by atoms with E-state index in [0.717, 1.165) is 0 Å². The highest BCUT2D eigenvalue weighted by molar-refractivity contribution is 7.92. The zero-order valence-corrected chi connectivity index (χ0v) is 18.2. The van der Waals surface area contributed by atoms with Crippen LogP contribution in [0.2, 0.25) is 0 Å². The van der Waals surface area contributed by atoms with Gasteiger partial charge in [-0.2, -0.15) is 4.68 Å². The number of aryl methyl sites for hydroxylation is 1. The third-order valence-electron chi connectivity index (χ3n) is 4.91. The van der Waals surface area contributed by atoms with Crippen LogP contribution in [0, 0.1) is 6.92 Å². The standard InChI is InChI=1S/C18H20N8O6S/c1-10-14(16(27)21-18(29)20-10)33(30,31)23-11-2-4-12(5-3-11)26-15(19)13(22-24-26)17(28)25-6-8-32-9-7-25/h2-5,23H,6-9,19H2,1H3,(H2,20,21,27,29). The van der Waals surface area contributed by atoms with Crippen molar-refractivity contribution < 1.29 is 17.9 Å². The number of amides is 1. The largest absolute Gasteiger partial charge is 0.382 e. The van der Waals surface area contributed by atoms with Crippen LogP contribution < -0.4 is 21.7 Å². The number of hydrogen-bond acceptors (Lipinski definition) is 9. The predicted octanol–water partition coefficient (Wildman–Crippen LogP) is -1.19. The highest BCUT2D eigenvalue weighted by Crippen LogP contribution is 2.20. The Morgan fingerprint density at radius 3 is 2.45 bits per heavy atom. The molecular formula is C18H20N8O6S. The zero-order valence-electron chi connectivity index (χ0n) is 17.4. The van der Waals surface area contributed by atoms with Crippen molar-refractivity contribution in [3.05, 3.63) is 56.5 Å². The van der Waals surface area contributed by atoms with E-state index in [1.54, 1.807) is 4.90 Å². The number of aromatic nitrogens is 5. The lowest BCUT2D eigenvalue weighted by Gasteiger charge is -2.26. The van der Waals surface area contributed by atoms with Gasteiger partial charge in [0, 0.05) is 24.5 Å². The number of carbonyl (C=O) groups is 1. The van der Waals surface area contributed by atoms with Crippen molar-refractivity contribution in [2.75, 3.05) is 36.8 Å². The molecule has 3 heterocycles. The molecule has 0 atom stereocenters. The van der Waals surface area contributed by atoms with E-state index in [1.807, 2.05) is 4.98 Å². The summed E-state index contributed by atoms with van der Waals surface area (Å²) in [5, 5.41) is 7.82. The van der Waals surface area contributed by atoms with E-state index < -0.39 is 26.2 Å². The molecule has 0 spiro atoms. The first-order valence-corrected chi connectivity index (χ1v) is 11.2. The summed E-state index contributed by atoms with van der Waals surface area (Å²) in [6.45, 7) is 3.02. The number of rotatable bonds is 5. The first-order chi connectivity index (χ1) is 15.7. The van der Waals surface area contributed by atoms with Crippen molar-refractivity contribution in [3.8, 4) is 5.69 Å². The maximum Gasteiger partial charge on any atom is 0.325 e. The van der Waals surface area contributed by atoms with E-state index in [-0.39, 0.29) is 28.8 Å².